The number of benzene rings is 2. The predicted octanol–water partition coefficient (Wildman–Crippen LogP) is 4.34. The Morgan fingerprint density at radius 3 is 2.87 bits per heavy atom. The fourth-order valence-corrected chi connectivity index (χ4v) is 4.34. The van der Waals surface area contributed by atoms with Crippen molar-refractivity contribution in [3.05, 3.63) is 65.0 Å². The van der Waals surface area contributed by atoms with Gasteiger partial charge in [0.25, 0.3) is 0 Å². The summed E-state index contributed by atoms with van der Waals surface area (Å²) in [6.45, 7) is 7.90. The van der Waals surface area contributed by atoms with Gasteiger partial charge in [-0.15, -0.1) is 0 Å². The van der Waals surface area contributed by atoms with Crippen LogP contribution in [0.5, 0.6) is 11.5 Å². The van der Waals surface area contributed by atoms with E-state index in [9.17, 15) is 0 Å². The SMILES string of the molecule is CCCOc1ccc2c(c1CN1CCNCC1)O/C(=C\c1c[nH]c3ccccc13)C2. The number of nitrogens with one attached hydrogen (secondary N) is 2. The number of hydrogen-bond donors (Lipinski definition) is 2. The van der Waals surface area contributed by atoms with E-state index >= 15 is 0 Å². The molecule has 3 heterocycles. The lowest BCUT2D eigenvalue weighted by Gasteiger charge is -2.28. The molecule has 1 fully saturated rings. The Morgan fingerprint density at radius 1 is 1.13 bits per heavy atom. The number of ether oxygens (including phenoxy) is 2. The van der Waals surface area contributed by atoms with Crippen molar-refractivity contribution in [1.82, 2.24) is 15.2 Å². The van der Waals surface area contributed by atoms with E-state index in [0.717, 1.165) is 74.9 Å². The molecule has 0 saturated carbocycles. The summed E-state index contributed by atoms with van der Waals surface area (Å²) in [6, 6.07) is 12.7. The lowest BCUT2D eigenvalue weighted by molar-refractivity contribution is 0.224. The molecule has 0 radical (unpaired) electrons. The second-order valence-corrected chi connectivity index (χ2v) is 8.08. The second-order valence-electron chi connectivity index (χ2n) is 8.08. The maximum absolute atomic E-state index is 6.45. The first-order valence-electron chi connectivity index (χ1n) is 11.0. The van der Waals surface area contributed by atoms with Crippen molar-refractivity contribution in [3.63, 3.8) is 0 Å². The van der Waals surface area contributed by atoms with E-state index in [1.54, 1.807) is 0 Å². The molecular formula is C25H29N3O2. The Hall–Kier alpha value is -2.76. The summed E-state index contributed by atoms with van der Waals surface area (Å²) < 4.78 is 12.6. The average molecular weight is 404 g/mol. The number of aromatic amines is 1. The van der Waals surface area contributed by atoms with Gasteiger partial charge < -0.3 is 19.8 Å². The highest BCUT2D eigenvalue weighted by Crippen LogP contribution is 2.41. The largest absolute Gasteiger partial charge is 0.493 e. The van der Waals surface area contributed by atoms with Crippen LogP contribution in [0.3, 0.4) is 0 Å². The molecular weight excluding hydrogens is 374 g/mol. The number of aromatic nitrogens is 1. The molecule has 156 valence electrons. The van der Waals surface area contributed by atoms with Gasteiger partial charge in [0.15, 0.2) is 0 Å². The first kappa shape index (κ1) is 19.2. The zero-order valence-electron chi connectivity index (χ0n) is 17.5. The monoisotopic (exact) mass is 403 g/mol. The molecule has 30 heavy (non-hydrogen) atoms. The van der Waals surface area contributed by atoms with Gasteiger partial charge in [-0.25, -0.2) is 0 Å². The smallest absolute Gasteiger partial charge is 0.138 e. The normalized spacial score (nSPS) is 18.0. The van der Waals surface area contributed by atoms with Crippen molar-refractivity contribution >= 4 is 17.0 Å². The maximum atomic E-state index is 6.45. The van der Waals surface area contributed by atoms with Crippen LogP contribution in [0.1, 0.15) is 30.0 Å². The molecule has 0 amide bonds. The maximum Gasteiger partial charge on any atom is 0.138 e. The van der Waals surface area contributed by atoms with Crippen molar-refractivity contribution in [1.29, 1.82) is 0 Å². The first-order chi connectivity index (χ1) is 14.8. The van der Waals surface area contributed by atoms with E-state index in [1.807, 2.05) is 0 Å². The summed E-state index contributed by atoms with van der Waals surface area (Å²) >= 11 is 0. The number of rotatable bonds is 6. The fraction of sp³-hybridized carbons (Fsp3) is 0.360. The molecule has 2 aliphatic rings. The molecule has 5 heteroatoms. The van der Waals surface area contributed by atoms with Gasteiger partial charge in [0.2, 0.25) is 0 Å². The van der Waals surface area contributed by atoms with E-state index in [0.29, 0.717) is 0 Å². The van der Waals surface area contributed by atoms with Crippen molar-refractivity contribution in [2.75, 3.05) is 32.8 Å². The van der Waals surface area contributed by atoms with Gasteiger partial charge in [0.05, 0.1) is 12.2 Å². The van der Waals surface area contributed by atoms with E-state index in [-0.39, 0.29) is 0 Å². The number of allylic oxidation sites excluding steroid dienone is 1. The van der Waals surface area contributed by atoms with Crippen LogP contribution in [0, 0.1) is 0 Å². The summed E-state index contributed by atoms with van der Waals surface area (Å²) in [4.78, 5) is 5.83. The van der Waals surface area contributed by atoms with Crippen LogP contribution in [0.15, 0.2) is 48.4 Å². The minimum absolute atomic E-state index is 0.728. The van der Waals surface area contributed by atoms with Crippen LogP contribution in [-0.4, -0.2) is 42.7 Å². The highest BCUT2D eigenvalue weighted by atomic mass is 16.5. The van der Waals surface area contributed by atoms with Crippen molar-refractivity contribution in [3.8, 4) is 11.5 Å². The topological polar surface area (TPSA) is 49.5 Å². The summed E-state index contributed by atoms with van der Waals surface area (Å²) in [5.41, 5.74) is 4.74. The summed E-state index contributed by atoms with van der Waals surface area (Å²) in [5, 5.41) is 4.65. The van der Waals surface area contributed by atoms with E-state index in [2.05, 4.69) is 70.8 Å². The number of piperazine rings is 1. The van der Waals surface area contributed by atoms with Gasteiger partial charge in [0, 0.05) is 67.4 Å². The molecule has 2 aromatic carbocycles. The summed E-state index contributed by atoms with van der Waals surface area (Å²) in [5.74, 6) is 2.94. The molecule has 0 aliphatic carbocycles. The Morgan fingerprint density at radius 2 is 2.00 bits per heavy atom. The van der Waals surface area contributed by atoms with E-state index in [1.165, 1.54) is 22.1 Å². The Labute approximate surface area is 177 Å². The Bertz CT molecular complexity index is 1060. The third-order valence-corrected chi connectivity index (χ3v) is 5.89. The number of hydrogen-bond acceptors (Lipinski definition) is 4. The highest BCUT2D eigenvalue weighted by Gasteiger charge is 2.26. The van der Waals surface area contributed by atoms with Crippen LogP contribution < -0.4 is 14.8 Å². The molecule has 1 saturated heterocycles. The molecule has 5 nitrogen and oxygen atoms in total. The van der Waals surface area contributed by atoms with Crippen LogP contribution >= 0.6 is 0 Å². The fourth-order valence-electron chi connectivity index (χ4n) is 4.34. The van der Waals surface area contributed by atoms with E-state index in [4.69, 9.17) is 9.47 Å². The van der Waals surface area contributed by atoms with Crippen molar-refractivity contribution in [2.24, 2.45) is 0 Å². The lowest BCUT2D eigenvalue weighted by atomic mass is 10.0. The van der Waals surface area contributed by atoms with Gasteiger partial charge in [0.1, 0.15) is 17.3 Å². The number of para-hydroxylation sites is 1. The third-order valence-electron chi connectivity index (χ3n) is 5.89. The van der Waals surface area contributed by atoms with Crippen LogP contribution in [0.4, 0.5) is 0 Å². The molecule has 5 rings (SSSR count). The predicted molar refractivity (Wildman–Crippen MR) is 121 cm³/mol. The second kappa shape index (κ2) is 8.54. The molecule has 2 aliphatic heterocycles. The number of H-pyrrole nitrogens is 1. The number of fused-ring (bicyclic) bond motifs is 2. The minimum Gasteiger partial charge on any atom is -0.493 e. The Kier molecular flexibility index (Phi) is 5.47. The molecule has 0 atom stereocenters. The quantitative estimate of drug-likeness (QED) is 0.643. The zero-order valence-corrected chi connectivity index (χ0v) is 17.5. The van der Waals surface area contributed by atoms with Crippen molar-refractivity contribution in [2.45, 2.75) is 26.3 Å². The van der Waals surface area contributed by atoms with Crippen LogP contribution in [-0.2, 0) is 13.0 Å². The first-order valence-corrected chi connectivity index (χ1v) is 11.0. The van der Waals surface area contributed by atoms with Crippen LogP contribution in [0.2, 0.25) is 0 Å². The van der Waals surface area contributed by atoms with Crippen LogP contribution in [0.25, 0.3) is 17.0 Å². The number of nitrogens with zero attached hydrogens (tertiary/aromatic N) is 1. The van der Waals surface area contributed by atoms with E-state index < -0.39 is 0 Å². The summed E-state index contributed by atoms with van der Waals surface area (Å²) in [7, 11) is 0. The van der Waals surface area contributed by atoms with Crippen molar-refractivity contribution < 1.29 is 9.47 Å². The molecule has 0 unspecified atom stereocenters. The molecule has 0 bridgehead atoms. The van der Waals surface area contributed by atoms with Gasteiger partial charge in [-0.1, -0.05) is 31.2 Å². The standard InChI is InChI=1S/C25H29N3O2/c1-2-13-29-24-8-7-18-14-20(15-19-16-27-23-6-4-3-5-21(19)23)30-25(18)22(24)17-28-11-9-26-10-12-28/h3-8,15-16,26-27H,2,9-14,17H2,1H3/b20-15-. The molecule has 1 aromatic heterocycles. The summed E-state index contributed by atoms with van der Waals surface area (Å²) in [6.07, 6.45) is 6.04. The third kappa shape index (κ3) is 3.83. The van der Waals surface area contributed by atoms with Gasteiger partial charge in [-0.05, 0) is 24.6 Å². The molecule has 3 aromatic rings. The minimum atomic E-state index is 0.728. The Balaban J connectivity index is 1.45. The molecule has 2 N–H and O–H groups in total. The highest BCUT2D eigenvalue weighted by molar-refractivity contribution is 5.89. The zero-order chi connectivity index (χ0) is 20.3. The average Bonchev–Trinajstić information content (AvgIpc) is 3.38. The van der Waals surface area contributed by atoms with Gasteiger partial charge in [-0.2, -0.15) is 0 Å². The van der Waals surface area contributed by atoms with Gasteiger partial charge in [-0.3, -0.25) is 4.90 Å². The lowest BCUT2D eigenvalue weighted by Crippen LogP contribution is -2.43. The molecule has 0 spiro atoms. The van der Waals surface area contributed by atoms with Gasteiger partial charge >= 0.3 is 0 Å².